The summed E-state index contributed by atoms with van der Waals surface area (Å²) in [4.78, 5) is 8.70. The van der Waals surface area contributed by atoms with Gasteiger partial charge in [0.25, 0.3) is 0 Å². The van der Waals surface area contributed by atoms with Crippen molar-refractivity contribution >= 4 is 11.5 Å². The first-order valence-corrected chi connectivity index (χ1v) is 9.68. The molecule has 1 aliphatic carbocycles. The molecule has 0 saturated heterocycles. The van der Waals surface area contributed by atoms with E-state index in [9.17, 15) is 13.2 Å². The van der Waals surface area contributed by atoms with Crippen molar-refractivity contribution in [3.8, 4) is 23.1 Å². The summed E-state index contributed by atoms with van der Waals surface area (Å²) in [6.07, 6.45) is 0.959. The van der Waals surface area contributed by atoms with Gasteiger partial charge in [-0.3, -0.25) is 0 Å². The molecule has 8 heteroatoms. The Hall–Kier alpha value is -3.86. The van der Waals surface area contributed by atoms with Crippen molar-refractivity contribution in [1.29, 1.82) is 0 Å². The van der Waals surface area contributed by atoms with Crippen LogP contribution in [0.4, 0.5) is 19.0 Å². The lowest BCUT2D eigenvalue weighted by molar-refractivity contribution is -0.137. The Labute approximate surface area is 175 Å². The second kappa shape index (κ2) is 7.13. The van der Waals surface area contributed by atoms with Crippen LogP contribution in [0.15, 0.2) is 54.9 Å². The van der Waals surface area contributed by atoms with Gasteiger partial charge in [-0.05, 0) is 43.2 Å². The van der Waals surface area contributed by atoms with Crippen molar-refractivity contribution in [2.75, 3.05) is 5.73 Å². The zero-order valence-electron chi connectivity index (χ0n) is 16.2. The summed E-state index contributed by atoms with van der Waals surface area (Å²) in [7, 11) is 0. The van der Waals surface area contributed by atoms with Crippen molar-refractivity contribution < 1.29 is 13.2 Å². The van der Waals surface area contributed by atoms with Gasteiger partial charge in [-0.1, -0.05) is 24.0 Å². The fourth-order valence-corrected chi connectivity index (χ4v) is 3.34. The van der Waals surface area contributed by atoms with E-state index in [1.54, 1.807) is 29.0 Å². The summed E-state index contributed by atoms with van der Waals surface area (Å²) in [6.45, 7) is 0. The van der Waals surface area contributed by atoms with E-state index in [0.717, 1.165) is 30.7 Å². The maximum Gasteiger partial charge on any atom is 0.416 e. The molecule has 154 valence electrons. The Morgan fingerprint density at radius 3 is 2.42 bits per heavy atom. The SMILES string of the molecule is Nc1ccc(C#Cc2cnn3c(C4CC4)cc(-c4ccc(C(F)(F)F)cc4)nc23)cn1. The minimum Gasteiger partial charge on any atom is -0.384 e. The fourth-order valence-electron chi connectivity index (χ4n) is 3.34. The maximum absolute atomic E-state index is 12.9. The summed E-state index contributed by atoms with van der Waals surface area (Å²) in [5, 5.41) is 4.45. The van der Waals surface area contributed by atoms with Crippen LogP contribution in [0.1, 0.15) is 41.1 Å². The largest absolute Gasteiger partial charge is 0.416 e. The number of nitrogens with zero attached hydrogens (tertiary/aromatic N) is 4. The number of nitrogens with two attached hydrogens (primary N) is 1. The molecule has 0 atom stereocenters. The zero-order chi connectivity index (χ0) is 21.6. The van der Waals surface area contributed by atoms with Crippen LogP contribution in [0.2, 0.25) is 0 Å². The first-order chi connectivity index (χ1) is 14.9. The molecule has 0 bridgehead atoms. The average molecular weight is 419 g/mol. The van der Waals surface area contributed by atoms with Gasteiger partial charge in [0.05, 0.1) is 23.0 Å². The third kappa shape index (κ3) is 3.82. The van der Waals surface area contributed by atoms with Gasteiger partial charge in [0, 0.05) is 28.9 Å². The summed E-state index contributed by atoms with van der Waals surface area (Å²) in [5.74, 6) is 6.88. The van der Waals surface area contributed by atoms with Crippen molar-refractivity contribution in [2.24, 2.45) is 0 Å². The van der Waals surface area contributed by atoms with Gasteiger partial charge in [-0.2, -0.15) is 18.3 Å². The normalized spacial score (nSPS) is 13.8. The number of hydrogen-bond acceptors (Lipinski definition) is 4. The van der Waals surface area contributed by atoms with Crippen LogP contribution in [0.5, 0.6) is 0 Å². The highest BCUT2D eigenvalue weighted by Crippen LogP contribution is 2.41. The molecule has 2 N–H and O–H groups in total. The molecule has 1 aliphatic rings. The molecule has 0 spiro atoms. The average Bonchev–Trinajstić information content (AvgIpc) is 3.52. The third-order valence-electron chi connectivity index (χ3n) is 5.13. The van der Waals surface area contributed by atoms with E-state index in [1.807, 2.05) is 6.07 Å². The second-order valence-electron chi connectivity index (χ2n) is 7.43. The summed E-state index contributed by atoms with van der Waals surface area (Å²) in [6, 6.07) is 10.4. The van der Waals surface area contributed by atoms with Gasteiger partial charge in [0.1, 0.15) is 5.82 Å². The molecule has 0 radical (unpaired) electrons. The van der Waals surface area contributed by atoms with Crippen molar-refractivity contribution in [3.05, 3.63) is 77.2 Å². The molecule has 4 aromatic rings. The number of alkyl halides is 3. The van der Waals surface area contributed by atoms with Gasteiger partial charge in [0.15, 0.2) is 5.65 Å². The van der Waals surface area contributed by atoms with Crippen molar-refractivity contribution in [3.63, 3.8) is 0 Å². The summed E-state index contributed by atoms with van der Waals surface area (Å²) >= 11 is 0. The number of anilines is 1. The minimum atomic E-state index is -4.37. The van der Waals surface area contributed by atoms with Crippen LogP contribution >= 0.6 is 0 Å². The van der Waals surface area contributed by atoms with Gasteiger partial charge in [-0.15, -0.1) is 0 Å². The highest BCUT2D eigenvalue weighted by Gasteiger charge is 2.31. The molecule has 3 aromatic heterocycles. The highest BCUT2D eigenvalue weighted by molar-refractivity contribution is 5.67. The van der Waals surface area contributed by atoms with Crippen LogP contribution in [0, 0.1) is 11.8 Å². The lowest BCUT2D eigenvalue weighted by atomic mass is 10.1. The maximum atomic E-state index is 12.9. The lowest BCUT2D eigenvalue weighted by Gasteiger charge is -2.10. The molecule has 0 aliphatic heterocycles. The number of rotatable bonds is 2. The van der Waals surface area contributed by atoms with Crippen molar-refractivity contribution in [1.82, 2.24) is 19.6 Å². The van der Waals surface area contributed by atoms with E-state index in [0.29, 0.717) is 39.8 Å². The molecule has 31 heavy (non-hydrogen) atoms. The molecular formula is C23H16F3N5. The van der Waals surface area contributed by atoms with Crippen LogP contribution in [-0.4, -0.2) is 19.6 Å². The van der Waals surface area contributed by atoms with Gasteiger partial charge < -0.3 is 5.73 Å². The predicted molar refractivity (Wildman–Crippen MR) is 110 cm³/mol. The number of benzene rings is 1. The zero-order valence-corrected chi connectivity index (χ0v) is 16.2. The molecular weight excluding hydrogens is 403 g/mol. The van der Waals surface area contributed by atoms with E-state index >= 15 is 0 Å². The predicted octanol–water partition coefficient (Wildman–Crippen LogP) is 4.67. The molecule has 3 heterocycles. The number of fused-ring (bicyclic) bond motifs is 1. The lowest BCUT2D eigenvalue weighted by Crippen LogP contribution is -2.04. The molecule has 1 saturated carbocycles. The second-order valence-corrected chi connectivity index (χ2v) is 7.43. The topological polar surface area (TPSA) is 69.1 Å². The number of aromatic nitrogens is 4. The molecule has 0 unspecified atom stereocenters. The Morgan fingerprint density at radius 1 is 1.00 bits per heavy atom. The smallest absolute Gasteiger partial charge is 0.384 e. The van der Waals surface area contributed by atoms with Crippen LogP contribution in [0.3, 0.4) is 0 Å². The number of hydrogen-bond donors (Lipinski definition) is 1. The third-order valence-corrected chi connectivity index (χ3v) is 5.13. The Morgan fingerprint density at radius 2 is 1.77 bits per heavy atom. The standard InChI is InChI=1S/C23H16F3N5/c24-23(25,26)18-8-6-15(7-9-18)19-11-20(16-4-5-16)31-22(30-19)17(13-29-31)3-1-14-2-10-21(27)28-12-14/h2,6-13,16H,4-5H2,(H2,27,28). The van der Waals surface area contributed by atoms with Gasteiger partial charge in [0.2, 0.25) is 0 Å². The Kier molecular flexibility index (Phi) is 4.40. The molecule has 1 fully saturated rings. The molecule has 0 amide bonds. The number of nitrogen functional groups attached to an aromatic ring is 1. The summed E-state index contributed by atoms with van der Waals surface area (Å²) < 4.78 is 40.5. The summed E-state index contributed by atoms with van der Waals surface area (Å²) in [5.41, 5.74) is 9.03. The van der Waals surface area contributed by atoms with E-state index < -0.39 is 11.7 Å². The highest BCUT2D eigenvalue weighted by atomic mass is 19.4. The van der Waals surface area contributed by atoms with E-state index in [-0.39, 0.29) is 0 Å². The Balaban J connectivity index is 1.59. The molecule has 5 nitrogen and oxygen atoms in total. The Bertz CT molecular complexity index is 1320. The van der Waals surface area contributed by atoms with Crippen LogP contribution < -0.4 is 5.73 Å². The monoisotopic (exact) mass is 419 g/mol. The van der Waals surface area contributed by atoms with E-state index in [2.05, 4.69) is 26.9 Å². The fraction of sp³-hybridized carbons (Fsp3) is 0.174. The van der Waals surface area contributed by atoms with Crippen LogP contribution in [-0.2, 0) is 6.18 Å². The quantitative estimate of drug-likeness (QED) is 0.480. The number of halogens is 3. The minimum absolute atomic E-state index is 0.362. The molecule has 1 aromatic carbocycles. The van der Waals surface area contributed by atoms with E-state index in [4.69, 9.17) is 5.73 Å². The first-order valence-electron chi connectivity index (χ1n) is 9.68. The first kappa shape index (κ1) is 19.1. The van der Waals surface area contributed by atoms with Gasteiger partial charge >= 0.3 is 6.18 Å². The van der Waals surface area contributed by atoms with Crippen molar-refractivity contribution in [2.45, 2.75) is 24.9 Å². The van der Waals surface area contributed by atoms with Crippen LogP contribution in [0.25, 0.3) is 16.9 Å². The number of pyridine rings is 1. The molecule has 5 rings (SSSR count). The van der Waals surface area contributed by atoms with Gasteiger partial charge in [-0.25, -0.2) is 14.5 Å². The van der Waals surface area contributed by atoms with E-state index in [1.165, 1.54) is 12.1 Å².